The molecule has 24 heavy (non-hydrogen) atoms. The molecule has 0 saturated carbocycles. The number of carbonyl (C=O) groups excluding carboxylic acids is 1. The van der Waals surface area contributed by atoms with Gasteiger partial charge in [0.15, 0.2) is 0 Å². The molecule has 5 heteroatoms. The highest BCUT2D eigenvalue weighted by Crippen LogP contribution is 2.29. The van der Waals surface area contributed by atoms with Crippen molar-refractivity contribution in [2.45, 2.75) is 52.4 Å². The SMILES string of the molecule is CCCC(CCC)c1nccn1-c1cc(C(=O)OCC)ccc1N. The lowest BCUT2D eigenvalue weighted by molar-refractivity contribution is 0.0526. The van der Waals surface area contributed by atoms with Crippen LogP contribution in [0.4, 0.5) is 5.69 Å². The molecule has 0 aliphatic carbocycles. The Morgan fingerprint density at radius 3 is 2.58 bits per heavy atom. The van der Waals surface area contributed by atoms with Crippen LogP contribution in [0.3, 0.4) is 0 Å². The van der Waals surface area contributed by atoms with E-state index in [1.54, 1.807) is 31.3 Å². The molecule has 2 N–H and O–H groups in total. The fourth-order valence-electron chi connectivity index (χ4n) is 3.01. The maximum Gasteiger partial charge on any atom is 0.338 e. The standard InChI is InChI=1S/C19H27N3O2/c1-4-7-14(8-5-2)18-21-11-12-22(18)17-13-15(9-10-16(17)20)19(23)24-6-3/h9-14H,4-8,20H2,1-3H3. The molecule has 0 unspecified atom stereocenters. The second-order valence-corrected chi connectivity index (χ2v) is 5.92. The van der Waals surface area contributed by atoms with Gasteiger partial charge in [-0.3, -0.25) is 0 Å². The van der Waals surface area contributed by atoms with E-state index < -0.39 is 0 Å². The van der Waals surface area contributed by atoms with Crippen molar-refractivity contribution >= 4 is 11.7 Å². The lowest BCUT2D eigenvalue weighted by Crippen LogP contribution is -2.11. The normalized spacial score (nSPS) is 11.0. The van der Waals surface area contributed by atoms with E-state index in [1.807, 2.05) is 10.8 Å². The molecular weight excluding hydrogens is 302 g/mol. The van der Waals surface area contributed by atoms with Crippen LogP contribution in [0.2, 0.25) is 0 Å². The summed E-state index contributed by atoms with van der Waals surface area (Å²) in [5.74, 6) is 1.06. The summed E-state index contributed by atoms with van der Waals surface area (Å²) in [5, 5.41) is 0. The van der Waals surface area contributed by atoms with E-state index in [9.17, 15) is 4.79 Å². The van der Waals surface area contributed by atoms with Crippen molar-refractivity contribution in [2.24, 2.45) is 0 Å². The molecule has 1 aromatic heterocycles. The zero-order valence-corrected chi connectivity index (χ0v) is 14.8. The number of benzene rings is 1. The lowest BCUT2D eigenvalue weighted by Gasteiger charge is -2.18. The third-order valence-electron chi connectivity index (χ3n) is 4.11. The van der Waals surface area contributed by atoms with Gasteiger partial charge in [0.05, 0.1) is 23.5 Å². The summed E-state index contributed by atoms with van der Waals surface area (Å²) in [4.78, 5) is 16.6. The zero-order valence-electron chi connectivity index (χ0n) is 14.8. The zero-order chi connectivity index (χ0) is 17.5. The Morgan fingerprint density at radius 2 is 1.96 bits per heavy atom. The monoisotopic (exact) mass is 329 g/mol. The molecule has 2 aromatic rings. The van der Waals surface area contributed by atoms with Crippen molar-refractivity contribution in [3.8, 4) is 5.69 Å². The Hall–Kier alpha value is -2.30. The average Bonchev–Trinajstić information content (AvgIpc) is 3.04. The molecule has 0 spiro atoms. The molecule has 0 fully saturated rings. The second kappa shape index (κ2) is 8.52. The molecule has 5 nitrogen and oxygen atoms in total. The molecule has 1 aromatic carbocycles. The van der Waals surface area contributed by atoms with Gasteiger partial charge in [0.25, 0.3) is 0 Å². The third kappa shape index (κ3) is 3.96. The number of carbonyl (C=O) groups is 1. The predicted octanol–water partition coefficient (Wildman–Crippen LogP) is 4.32. The van der Waals surface area contributed by atoms with Crippen molar-refractivity contribution in [1.29, 1.82) is 0 Å². The highest BCUT2D eigenvalue weighted by atomic mass is 16.5. The number of ether oxygens (including phenoxy) is 1. The Morgan fingerprint density at radius 1 is 1.25 bits per heavy atom. The van der Waals surface area contributed by atoms with Gasteiger partial charge < -0.3 is 15.0 Å². The van der Waals surface area contributed by atoms with Crippen molar-refractivity contribution < 1.29 is 9.53 Å². The largest absolute Gasteiger partial charge is 0.462 e. The molecule has 0 atom stereocenters. The van der Waals surface area contributed by atoms with Gasteiger partial charge in [0, 0.05) is 18.3 Å². The summed E-state index contributed by atoms with van der Waals surface area (Å²) in [6.45, 7) is 6.52. The fraction of sp³-hybridized carbons (Fsp3) is 0.474. The molecule has 1 heterocycles. The van der Waals surface area contributed by atoms with Gasteiger partial charge in [-0.2, -0.15) is 0 Å². The van der Waals surface area contributed by atoms with Crippen molar-refractivity contribution in [3.05, 3.63) is 42.0 Å². The molecule has 130 valence electrons. The van der Waals surface area contributed by atoms with Gasteiger partial charge in [-0.1, -0.05) is 26.7 Å². The first kappa shape index (κ1) is 18.0. The Labute approximate surface area is 143 Å². The number of anilines is 1. The van der Waals surface area contributed by atoms with E-state index in [0.717, 1.165) is 37.2 Å². The van der Waals surface area contributed by atoms with E-state index in [4.69, 9.17) is 10.5 Å². The topological polar surface area (TPSA) is 70.1 Å². The third-order valence-corrected chi connectivity index (χ3v) is 4.11. The fourth-order valence-corrected chi connectivity index (χ4v) is 3.01. The van der Waals surface area contributed by atoms with Crippen LogP contribution in [0.15, 0.2) is 30.6 Å². The highest BCUT2D eigenvalue weighted by Gasteiger charge is 2.18. The summed E-state index contributed by atoms with van der Waals surface area (Å²) in [6.07, 6.45) is 8.09. The van der Waals surface area contributed by atoms with Gasteiger partial charge in [0.2, 0.25) is 0 Å². The summed E-state index contributed by atoms with van der Waals surface area (Å²) < 4.78 is 7.10. The number of imidazole rings is 1. The smallest absolute Gasteiger partial charge is 0.338 e. The van der Waals surface area contributed by atoms with Crippen LogP contribution < -0.4 is 5.73 Å². The van der Waals surface area contributed by atoms with Crippen LogP contribution in [0, 0.1) is 0 Å². The van der Waals surface area contributed by atoms with Gasteiger partial charge >= 0.3 is 5.97 Å². The van der Waals surface area contributed by atoms with Crippen molar-refractivity contribution in [3.63, 3.8) is 0 Å². The summed E-state index contributed by atoms with van der Waals surface area (Å²) in [7, 11) is 0. The minimum atomic E-state index is -0.334. The molecule has 0 bridgehead atoms. The molecule has 0 amide bonds. The number of aromatic nitrogens is 2. The van der Waals surface area contributed by atoms with Gasteiger partial charge in [-0.25, -0.2) is 9.78 Å². The van der Waals surface area contributed by atoms with Crippen LogP contribution >= 0.6 is 0 Å². The number of nitrogens with two attached hydrogens (primary N) is 1. The van der Waals surface area contributed by atoms with E-state index in [-0.39, 0.29) is 5.97 Å². The summed E-state index contributed by atoms with van der Waals surface area (Å²) >= 11 is 0. The predicted molar refractivity (Wildman–Crippen MR) is 96.5 cm³/mol. The van der Waals surface area contributed by atoms with Crippen LogP contribution in [0.5, 0.6) is 0 Å². The first-order chi connectivity index (χ1) is 11.6. The van der Waals surface area contributed by atoms with Gasteiger partial charge in [-0.15, -0.1) is 0 Å². The number of hydrogen-bond acceptors (Lipinski definition) is 4. The number of esters is 1. The Kier molecular flexibility index (Phi) is 6.41. The van der Waals surface area contributed by atoms with Crippen molar-refractivity contribution in [2.75, 3.05) is 12.3 Å². The molecule has 0 aliphatic heterocycles. The van der Waals surface area contributed by atoms with Crippen molar-refractivity contribution in [1.82, 2.24) is 9.55 Å². The minimum absolute atomic E-state index is 0.334. The highest BCUT2D eigenvalue weighted by molar-refractivity contribution is 5.91. The van der Waals surface area contributed by atoms with Crippen LogP contribution in [-0.4, -0.2) is 22.1 Å². The van der Waals surface area contributed by atoms with E-state index in [2.05, 4.69) is 18.8 Å². The average molecular weight is 329 g/mol. The number of rotatable bonds is 8. The first-order valence-corrected chi connectivity index (χ1v) is 8.72. The van der Waals surface area contributed by atoms with E-state index >= 15 is 0 Å². The molecule has 2 rings (SSSR count). The van der Waals surface area contributed by atoms with Gasteiger partial charge in [-0.05, 0) is 38.0 Å². The number of nitrogens with zero attached hydrogens (tertiary/aromatic N) is 2. The maximum absolute atomic E-state index is 12.0. The molecule has 0 aliphatic rings. The quantitative estimate of drug-likeness (QED) is 0.578. The minimum Gasteiger partial charge on any atom is -0.462 e. The van der Waals surface area contributed by atoms with E-state index in [0.29, 0.717) is 23.8 Å². The van der Waals surface area contributed by atoms with Crippen LogP contribution in [0.1, 0.15) is 68.6 Å². The van der Waals surface area contributed by atoms with E-state index in [1.165, 1.54) is 0 Å². The Bertz CT molecular complexity index is 673. The molecule has 0 saturated heterocycles. The summed E-state index contributed by atoms with van der Waals surface area (Å²) in [6, 6.07) is 5.23. The number of hydrogen-bond donors (Lipinski definition) is 1. The first-order valence-electron chi connectivity index (χ1n) is 8.72. The Balaban J connectivity index is 2.43. The van der Waals surface area contributed by atoms with Crippen LogP contribution in [-0.2, 0) is 4.74 Å². The molecular formula is C19H27N3O2. The lowest BCUT2D eigenvalue weighted by atomic mass is 9.97. The second-order valence-electron chi connectivity index (χ2n) is 5.92. The maximum atomic E-state index is 12.0. The van der Waals surface area contributed by atoms with Gasteiger partial charge in [0.1, 0.15) is 5.82 Å². The van der Waals surface area contributed by atoms with Crippen LogP contribution in [0.25, 0.3) is 5.69 Å². The molecule has 0 radical (unpaired) electrons. The summed E-state index contributed by atoms with van der Waals surface area (Å²) in [5.41, 5.74) is 8.08. The number of nitrogen functional groups attached to an aromatic ring is 1.